The molecule has 1 aromatic heterocycles. The molecule has 0 saturated heterocycles. The third-order valence-electron chi connectivity index (χ3n) is 4.59. The summed E-state index contributed by atoms with van der Waals surface area (Å²) < 4.78 is 7.43. The number of fused-ring (bicyclic) bond motifs is 1. The summed E-state index contributed by atoms with van der Waals surface area (Å²) in [4.78, 5) is 12.4. The van der Waals surface area contributed by atoms with E-state index in [2.05, 4.69) is 23.7 Å². The van der Waals surface area contributed by atoms with Crippen LogP contribution in [0.5, 0.6) is 0 Å². The zero-order valence-electron chi connectivity index (χ0n) is 15.1. The highest BCUT2D eigenvalue weighted by Gasteiger charge is 2.15. The largest absolute Gasteiger partial charge is 0.396 e. The molecule has 0 fully saturated rings. The summed E-state index contributed by atoms with van der Waals surface area (Å²) in [7, 11) is 1.70. The number of hydrogen-bond donors (Lipinski definition) is 2. The van der Waals surface area contributed by atoms with Crippen LogP contribution in [0.25, 0.3) is 10.9 Å². The molecule has 0 aliphatic heterocycles. The highest BCUT2D eigenvalue weighted by molar-refractivity contribution is 5.99. The lowest BCUT2D eigenvalue weighted by Gasteiger charge is -2.13. The molecule has 2 N–H and O–H groups in total. The number of aromatic nitrogens is 1. The van der Waals surface area contributed by atoms with E-state index >= 15 is 0 Å². The Morgan fingerprint density at radius 1 is 1.38 bits per heavy atom. The first-order chi connectivity index (χ1) is 11.5. The first-order valence-electron chi connectivity index (χ1n) is 8.49. The zero-order valence-corrected chi connectivity index (χ0v) is 15.1. The van der Waals surface area contributed by atoms with Crippen LogP contribution in [0.3, 0.4) is 0 Å². The van der Waals surface area contributed by atoms with Crippen LogP contribution < -0.4 is 5.32 Å². The molecule has 0 radical (unpaired) electrons. The molecule has 1 aromatic carbocycles. The van der Waals surface area contributed by atoms with Gasteiger partial charge in [0.15, 0.2) is 0 Å². The van der Waals surface area contributed by atoms with E-state index in [0.29, 0.717) is 18.6 Å². The normalized spacial score (nSPS) is 12.5. The maximum absolute atomic E-state index is 12.4. The highest BCUT2D eigenvalue weighted by atomic mass is 16.5. The summed E-state index contributed by atoms with van der Waals surface area (Å²) >= 11 is 0. The number of benzene rings is 1. The van der Waals surface area contributed by atoms with E-state index in [1.807, 2.05) is 25.1 Å². The van der Waals surface area contributed by atoms with Gasteiger partial charge in [0, 0.05) is 48.5 Å². The third kappa shape index (κ3) is 3.97. The van der Waals surface area contributed by atoms with Crippen LogP contribution >= 0.6 is 0 Å². The molecule has 0 aliphatic rings. The van der Waals surface area contributed by atoms with Gasteiger partial charge in [-0.25, -0.2) is 0 Å². The van der Waals surface area contributed by atoms with Crippen molar-refractivity contribution in [2.75, 3.05) is 20.3 Å². The van der Waals surface area contributed by atoms with Crippen molar-refractivity contribution in [2.45, 2.75) is 46.2 Å². The van der Waals surface area contributed by atoms with E-state index in [0.717, 1.165) is 23.9 Å². The molecule has 0 spiro atoms. The summed E-state index contributed by atoms with van der Waals surface area (Å²) in [6.07, 6.45) is 1.47. The number of carbonyl (C=O) groups is 1. The molecule has 1 heterocycles. The van der Waals surface area contributed by atoms with Crippen LogP contribution in [0, 0.1) is 13.8 Å². The van der Waals surface area contributed by atoms with Crippen LogP contribution in [-0.2, 0) is 11.3 Å². The summed E-state index contributed by atoms with van der Waals surface area (Å²) in [5.41, 5.74) is 4.21. The Hall–Kier alpha value is -1.85. The van der Waals surface area contributed by atoms with Crippen molar-refractivity contribution in [1.82, 2.24) is 9.88 Å². The number of methoxy groups -OCH3 is 1. The first-order valence-corrected chi connectivity index (χ1v) is 8.49. The average molecular weight is 332 g/mol. The molecular formula is C19H28N2O3. The van der Waals surface area contributed by atoms with Gasteiger partial charge in [-0.1, -0.05) is 0 Å². The van der Waals surface area contributed by atoms with Gasteiger partial charge < -0.3 is 19.7 Å². The van der Waals surface area contributed by atoms with Gasteiger partial charge in [-0.05, 0) is 57.4 Å². The minimum Gasteiger partial charge on any atom is -0.396 e. The monoisotopic (exact) mass is 332 g/mol. The number of hydrogen-bond acceptors (Lipinski definition) is 3. The van der Waals surface area contributed by atoms with E-state index < -0.39 is 0 Å². The summed E-state index contributed by atoms with van der Waals surface area (Å²) in [5, 5.41) is 13.0. The van der Waals surface area contributed by atoms with Crippen molar-refractivity contribution >= 4 is 16.8 Å². The quantitative estimate of drug-likeness (QED) is 0.781. The SMILES string of the molecule is COCCn1c(C)c(C)c2cc(C(=O)NC(C)CCCO)ccc21. The Morgan fingerprint density at radius 3 is 2.79 bits per heavy atom. The van der Waals surface area contributed by atoms with Gasteiger partial charge >= 0.3 is 0 Å². The Labute approximate surface area is 143 Å². The predicted octanol–water partition coefficient (Wildman–Crippen LogP) is 2.80. The lowest BCUT2D eigenvalue weighted by Crippen LogP contribution is -2.32. The number of amides is 1. The van der Waals surface area contributed by atoms with Gasteiger partial charge in [-0.2, -0.15) is 0 Å². The smallest absolute Gasteiger partial charge is 0.251 e. The van der Waals surface area contributed by atoms with Gasteiger partial charge in [0.05, 0.1) is 6.61 Å². The fraction of sp³-hybridized carbons (Fsp3) is 0.526. The maximum Gasteiger partial charge on any atom is 0.251 e. The topological polar surface area (TPSA) is 63.5 Å². The Morgan fingerprint density at radius 2 is 2.12 bits per heavy atom. The molecule has 2 aromatic rings. The molecule has 1 unspecified atom stereocenters. The molecular weight excluding hydrogens is 304 g/mol. The number of nitrogens with one attached hydrogen (secondary N) is 1. The van der Waals surface area contributed by atoms with Crippen LogP contribution in [0.4, 0.5) is 0 Å². The Bertz CT molecular complexity index is 706. The fourth-order valence-corrected chi connectivity index (χ4v) is 3.04. The lowest BCUT2D eigenvalue weighted by molar-refractivity contribution is 0.0936. The van der Waals surface area contributed by atoms with Gasteiger partial charge in [0.2, 0.25) is 0 Å². The highest BCUT2D eigenvalue weighted by Crippen LogP contribution is 2.26. The minimum atomic E-state index is -0.0657. The van der Waals surface area contributed by atoms with Crippen molar-refractivity contribution in [1.29, 1.82) is 0 Å². The third-order valence-corrected chi connectivity index (χ3v) is 4.59. The van der Waals surface area contributed by atoms with Gasteiger partial charge in [-0.15, -0.1) is 0 Å². The van der Waals surface area contributed by atoms with Crippen molar-refractivity contribution in [3.05, 3.63) is 35.0 Å². The van der Waals surface area contributed by atoms with Crippen LogP contribution in [-0.4, -0.2) is 41.9 Å². The minimum absolute atomic E-state index is 0.0504. The standard InChI is InChI=1S/C19H28N2O3/c1-13(6-5-10-22)20-19(23)16-7-8-18-17(12-16)14(2)15(3)21(18)9-11-24-4/h7-8,12-13,22H,5-6,9-11H2,1-4H3,(H,20,23). The van der Waals surface area contributed by atoms with Gasteiger partial charge in [-0.3, -0.25) is 4.79 Å². The molecule has 0 saturated carbocycles. The molecule has 132 valence electrons. The van der Waals surface area contributed by atoms with E-state index in [9.17, 15) is 4.79 Å². The van der Waals surface area contributed by atoms with Crippen LogP contribution in [0.1, 0.15) is 41.4 Å². The fourth-order valence-electron chi connectivity index (χ4n) is 3.04. The summed E-state index contributed by atoms with van der Waals surface area (Å²) in [6, 6.07) is 5.90. The van der Waals surface area contributed by atoms with E-state index in [-0.39, 0.29) is 18.6 Å². The second-order valence-electron chi connectivity index (χ2n) is 6.33. The number of rotatable bonds is 8. The van der Waals surface area contributed by atoms with Crippen LogP contribution in [0.15, 0.2) is 18.2 Å². The molecule has 0 aliphatic carbocycles. The first kappa shape index (κ1) is 18.5. The summed E-state index contributed by atoms with van der Waals surface area (Å²) in [5.74, 6) is -0.0657. The van der Waals surface area contributed by atoms with E-state index in [4.69, 9.17) is 9.84 Å². The molecule has 0 bridgehead atoms. The van der Waals surface area contributed by atoms with E-state index in [1.54, 1.807) is 7.11 Å². The van der Waals surface area contributed by atoms with Gasteiger partial charge in [0.25, 0.3) is 5.91 Å². The van der Waals surface area contributed by atoms with Crippen molar-refractivity contribution in [3.63, 3.8) is 0 Å². The molecule has 5 nitrogen and oxygen atoms in total. The predicted molar refractivity (Wildman–Crippen MR) is 96.5 cm³/mol. The molecule has 24 heavy (non-hydrogen) atoms. The molecule has 5 heteroatoms. The second kappa shape index (κ2) is 8.31. The average Bonchev–Trinajstić information content (AvgIpc) is 2.81. The number of aliphatic hydroxyl groups is 1. The lowest BCUT2D eigenvalue weighted by atomic mass is 10.1. The van der Waals surface area contributed by atoms with Crippen molar-refractivity contribution in [2.24, 2.45) is 0 Å². The zero-order chi connectivity index (χ0) is 17.7. The number of aliphatic hydroxyl groups excluding tert-OH is 1. The van der Waals surface area contributed by atoms with Crippen molar-refractivity contribution < 1.29 is 14.6 Å². The van der Waals surface area contributed by atoms with Gasteiger partial charge in [0.1, 0.15) is 0 Å². The number of nitrogens with zero attached hydrogens (tertiary/aromatic N) is 1. The van der Waals surface area contributed by atoms with Crippen molar-refractivity contribution in [3.8, 4) is 0 Å². The number of carbonyl (C=O) groups excluding carboxylic acids is 1. The Kier molecular flexibility index (Phi) is 6.40. The molecule has 1 amide bonds. The molecule has 2 rings (SSSR count). The Balaban J connectivity index is 2.25. The number of aryl methyl sites for hydroxylation is 1. The van der Waals surface area contributed by atoms with E-state index in [1.165, 1.54) is 11.3 Å². The number of ether oxygens (including phenoxy) is 1. The second-order valence-corrected chi connectivity index (χ2v) is 6.33. The molecule has 1 atom stereocenters. The maximum atomic E-state index is 12.4. The van der Waals surface area contributed by atoms with Crippen LogP contribution in [0.2, 0.25) is 0 Å². The summed E-state index contributed by atoms with van der Waals surface area (Å²) in [6.45, 7) is 7.77.